The van der Waals surface area contributed by atoms with E-state index in [1.807, 2.05) is 61.5 Å². The van der Waals surface area contributed by atoms with Crippen molar-refractivity contribution >= 4 is 33.6 Å². The summed E-state index contributed by atoms with van der Waals surface area (Å²) in [6.45, 7) is 1.91. The number of aromatic nitrogens is 3. The van der Waals surface area contributed by atoms with E-state index < -0.39 is 5.63 Å². The van der Waals surface area contributed by atoms with E-state index in [4.69, 9.17) is 9.15 Å². The van der Waals surface area contributed by atoms with Gasteiger partial charge >= 0.3 is 5.63 Å². The zero-order chi connectivity index (χ0) is 26.2. The molecule has 1 N–H and O–H groups in total. The smallest absolute Gasteiger partial charge is 0.344 e. The first kappa shape index (κ1) is 23.2. The molecule has 0 aliphatic heterocycles. The molecule has 186 valence electrons. The highest BCUT2D eigenvalue weighted by Crippen LogP contribution is 2.25. The van der Waals surface area contributed by atoms with Crippen LogP contribution in [0.4, 0.5) is 5.69 Å². The second-order valence-electron chi connectivity index (χ2n) is 8.86. The molecule has 0 bridgehead atoms. The van der Waals surface area contributed by atoms with Gasteiger partial charge in [0.2, 0.25) is 0 Å². The van der Waals surface area contributed by atoms with Gasteiger partial charge in [0.05, 0.1) is 18.4 Å². The fraction of sp³-hybridized carbons (Fsp3) is 0.0667. The molecular weight excluding hydrogens is 480 g/mol. The molecule has 0 aliphatic carbocycles. The van der Waals surface area contributed by atoms with Crippen molar-refractivity contribution in [3.8, 4) is 22.6 Å². The number of hydrogen-bond donors (Lipinski definition) is 1. The quantitative estimate of drug-likeness (QED) is 0.301. The molecule has 0 unspecified atom stereocenters. The van der Waals surface area contributed by atoms with Gasteiger partial charge in [-0.2, -0.15) is 4.80 Å². The summed E-state index contributed by atoms with van der Waals surface area (Å²) < 4.78 is 10.6. The summed E-state index contributed by atoms with van der Waals surface area (Å²) in [4.78, 5) is 27.1. The molecule has 8 nitrogen and oxygen atoms in total. The van der Waals surface area contributed by atoms with E-state index in [1.165, 1.54) is 0 Å². The lowest BCUT2D eigenvalue weighted by Gasteiger charge is -2.09. The largest absolute Gasteiger partial charge is 0.497 e. The van der Waals surface area contributed by atoms with Gasteiger partial charge in [0.1, 0.15) is 22.4 Å². The third kappa shape index (κ3) is 4.28. The fourth-order valence-electron chi connectivity index (χ4n) is 4.29. The number of fused-ring (bicyclic) bond motifs is 2. The first-order valence-corrected chi connectivity index (χ1v) is 12.0. The summed E-state index contributed by atoms with van der Waals surface area (Å²) in [6, 6.07) is 27.1. The molecule has 0 saturated heterocycles. The van der Waals surface area contributed by atoms with E-state index in [2.05, 4.69) is 15.5 Å². The van der Waals surface area contributed by atoms with Crippen LogP contribution in [0.1, 0.15) is 15.9 Å². The van der Waals surface area contributed by atoms with Gasteiger partial charge in [-0.3, -0.25) is 4.79 Å². The molecule has 0 spiro atoms. The lowest BCUT2D eigenvalue weighted by Crippen LogP contribution is -2.13. The summed E-state index contributed by atoms with van der Waals surface area (Å²) in [7, 11) is 1.62. The standard InChI is InChI=1S/C30H22N4O4/c1-18-15-26-27(33-34(32-26)22-11-13-23(37-2)14-12-22)17-25(18)31-29(35)20-9-7-19(8-10-20)24-16-21-5-3-4-6-28(21)38-30(24)36/h3-17H,1-2H3,(H,31,35). The lowest BCUT2D eigenvalue weighted by molar-refractivity contribution is 0.102. The van der Waals surface area contributed by atoms with Crippen molar-refractivity contribution in [2.24, 2.45) is 0 Å². The van der Waals surface area contributed by atoms with Crippen molar-refractivity contribution in [3.63, 3.8) is 0 Å². The Kier molecular flexibility index (Phi) is 5.69. The number of ether oxygens (including phenoxy) is 1. The van der Waals surface area contributed by atoms with Crippen LogP contribution in [0.3, 0.4) is 0 Å². The highest BCUT2D eigenvalue weighted by atomic mass is 16.5. The van der Waals surface area contributed by atoms with Crippen molar-refractivity contribution in [1.82, 2.24) is 15.0 Å². The first-order chi connectivity index (χ1) is 18.5. The highest BCUT2D eigenvalue weighted by molar-refractivity contribution is 6.05. The van der Waals surface area contributed by atoms with Gasteiger partial charge in [-0.15, -0.1) is 10.2 Å². The minimum Gasteiger partial charge on any atom is -0.497 e. The van der Waals surface area contributed by atoms with Gasteiger partial charge in [-0.25, -0.2) is 4.79 Å². The van der Waals surface area contributed by atoms with Gasteiger partial charge in [0.15, 0.2) is 0 Å². The van der Waals surface area contributed by atoms with Crippen LogP contribution in [0.15, 0.2) is 100 Å². The summed E-state index contributed by atoms with van der Waals surface area (Å²) in [5.74, 6) is 0.479. The minimum absolute atomic E-state index is 0.271. The van der Waals surface area contributed by atoms with E-state index in [1.54, 1.807) is 48.3 Å². The number of benzene rings is 4. The lowest BCUT2D eigenvalue weighted by atomic mass is 10.0. The molecule has 2 aromatic heterocycles. The maximum atomic E-state index is 13.0. The number of amides is 1. The third-order valence-electron chi connectivity index (χ3n) is 6.38. The summed E-state index contributed by atoms with van der Waals surface area (Å²) in [6.07, 6.45) is 0. The summed E-state index contributed by atoms with van der Waals surface area (Å²) in [5, 5.41) is 12.9. The minimum atomic E-state index is -0.424. The molecule has 0 radical (unpaired) electrons. The van der Waals surface area contributed by atoms with E-state index in [0.717, 1.165) is 27.9 Å². The predicted molar refractivity (Wildman–Crippen MR) is 146 cm³/mol. The Balaban J connectivity index is 1.24. The maximum Gasteiger partial charge on any atom is 0.344 e. The zero-order valence-electron chi connectivity index (χ0n) is 20.6. The monoisotopic (exact) mass is 502 g/mol. The third-order valence-corrected chi connectivity index (χ3v) is 6.38. The highest BCUT2D eigenvalue weighted by Gasteiger charge is 2.13. The first-order valence-electron chi connectivity index (χ1n) is 12.0. The summed E-state index contributed by atoms with van der Waals surface area (Å²) >= 11 is 0. The zero-order valence-corrected chi connectivity index (χ0v) is 20.6. The molecule has 0 fully saturated rings. The molecular formula is C30H22N4O4. The second-order valence-corrected chi connectivity index (χ2v) is 8.86. The van der Waals surface area contributed by atoms with Crippen LogP contribution in [0.2, 0.25) is 0 Å². The number of nitrogens with zero attached hydrogens (tertiary/aromatic N) is 3. The van der Waals surface area contributed by atoms with Crippen LogP contribution >= 0.6 is 0 Å². The van der Waals surface area contributed by atoms with Gasteiger partial charge in [0.25, 0.3) is 5.91 Å². The average Bonchev–Trinajstić information content (AvgIpc) is 3.35. The molecule has 0 atom stereocenters. The van der Waals surface area contributed by atoms with Gasteiger partial charge in [-0.05, 0) is 78.7 Å². The van der Waals surface area contributed by atoms with Crippen LogP contribution in [0.25, 0.3) is 38.8 Å². The summed E-state index contributed by atoms with van der Waals surface area (Å²) in [5.41, 5.74) is 5.36. The van der Waals surface area contributed by atoms with Crippen molar-refractivity contribution in [3.05, 3.63) is 113 Å². The Morgan fingerprint density at radius 3 is 2.34 bits per heavy atom. The Hall–Kier alpha value is -5.24. The molecule has 38 heavy (non-hydrogen) atoms. The number of carbonyl (C=O) groups is 1. The molecule has 4 aromatic carbocycles. The van der Waals surface area contributed by atoms with Crippen molar-refractivity contribution in [2.75, 3.05) is 12.4 Å². The molecule has 6 aromatic rings. The van der Waals surface area contributed by atoms with Crippen LogP contribution in [0, 0.1) is 6.92 Å². The van der Waals surface area contributed by atoms with Crippen molar-refractivity contribution in [1.29, 1.82) is 0 Å². The number of anilines is 1. The predicted octanol–water partition coefficient (Wildman–Crippen LogP) is 5.76. The number of rotatable bonds is 5. The molecule has 1 amide bonds. The molecule has 2 heterocycles. The van der Waals surface area contributed by atoms with E-state index in [0.29, 0.717) is 33.5 Å². The van der Waals surface area contributed by atoms with Gasteiger partial charge in [0, 0.05) is 16.6 Å². The van der Waals surface area contributed by atoms with Crippen LogP contribution < -0.4 is 15.7 Å². The Morgan fingerprint density at radius 2 is 1.61 bits per heavy atom. The number of hydrogen-bond acceptors (Lipinski definition) is 6. The van der Waals surface area contributed by atoms with Gasteiger partial charge in [-0.1, -0.05) is 30.3 Å². The van der Waals surface area contributed by atoms with E-state index in [9.17, 15) is 9.59 Å². The molecule has 8 heteroatoms. The normalized spacial score (nSPS) is 11.1. The molecule has 0 saturated carbocycles. The number of para-hydroxylation sites is 1. The van der Waals surface area contributed by atoms with Crippen LogP contribution in [-0.2, 0) is 0 Å². The van der Waals surface area contributed by atoms with E-state index >= 15 is 0 Å². The second kappa shape index (κ2) is 9.33. The Morgan fingerprint density at radius 1 is 0.895 bits per heavy atom. The van der Waals surface area contributed by atoms with E-state index in [-0.39, 0.29) is 5.91 Å². The molecule has 0 aliphatic rings. The SMILES string of the molecule is COc1ccc(-n2nc3cc(C)c(NC(=O)c4ccc(-c5cc6ccccc6oc5=O)cc4)cc3n2)cc1. The van der Waals surface area contributed by atoms with Crippen molar-refractivity contribution < 1.29 is 13.9 Å². The number of carbonyl (C=O) groups excluding carboxylic acids is 1. The maximum absolute atomic E-state index is 13.0. The van der Waals surface area contributed by atoms with Crippen LogP contribution in [-0.4, -0.2) is 28.0 Å². The molecule has 6 rings (SSSR count). The number of aryl methyl sites for hydroxylation is 1. The topological polar surface area (TPSA) is 99.2 Å². The van der Waals surface area contributed by atoms with Gasteiger partial charge < -0.3 is 14.5 Å². The number of nitrogens with one attached hydrogen (secondary N) is 1. The Labute approximate surface area is 217 Å². The average molecular weight is 503 g/mol. The van der Waals surface area contributed by atoms with Crippen LogP contribution in [0.5, 0.6) is 5.75 Å². The number of methoxy groups -OCH3 is 1. The fourth-order valence-corrected chi connectivity index (χ4v) is 4.29. The Bertz CT molecular complexity index is 1870. The van der Waals surface area contributed by atoms with Crippen molar-refractivity contribution in [2.45, 2.75) is 6.92 Å².